The van der Waals surface area contributed by atoms with Crippen molar-refractivity contribution >= 4 is 17.2 Å². The topological polar surface area (TPSA) is 42.0 Å². The van der Waals surface area contributed by atoms with Crippen LogP contribution in [0.1, 0.15) is 35.3 Å². The maximum atomic E-state index is 12.9. The zero-order valence-corrected chi connectivity index (χ0v) is 16.2. The van der Waals surface area contributed by atoms with Crippen LogP contribution in [0, 0.1) is 6.92 Å². The number of benzene rings is 2. The largest absolute Gasteiger partial charge is 0.416 e. The Balaban J connectivity index is 1.65. The first-order valence-corrected chi connectivity index (χ1v) is 9.58. The third kappa shape index (κ3) is 4.98. The number of amides is 1. The lowest BCUT2D eigenvalue weighted by molar-refractivity contribution is -0.137. The van der Waals surface area contributed by atoms with E-state index in [9.17, 15) is 18.0 Å². The van der Waals surface area contributed by atoms with Crippen LogP contribution in [0.25, 0.3) is 10.6 Å². The molecule has 0 saturated heterocycles. The van der Waals surface area contributed by atoms with E-state index >= 15 is 0 Å². The maximum Gasteiger partial charge on any atom is 0.416 e. The van der Waals surface area contributed by atoms with Crippen molar-refractivity contribution in [2.75, 3.05) is 0 Å². The number of rotatable bonds is 5. The molecule has 0 radical (unpaired) electrons. The second-order valence-electron chi connectivity index (χ2n) is 6.60. The number of alkyl halides is 3. The summed E-state index contributed by atoms with van der Waals surface area (Å²) in [6, 6.07) is 12.4. The Morgan fingerprint density at radius 3 is 2.64 bits per heavy atom. The molecule has 1 heterocycles. The van der Waals surface area contributed by atoms with E-state index in [2.05, 4.69) is 10.3 Å². The van der Waals surface area contributed by atoms with Crippen molar-refractivity contribution < 1.29 is 18.0 Å². The predicted octanol–water partition coefficient (Wildman–Crippen LogP) is 5.56. The standard InChI is InChI=1S/C21H19F3N2OS/c1-13-5-3-7-16(9-13)20-26-18(12-28-20)11-19(27)25-14(2)15-6-4-8-17(10-15)21(22,23)24/h3-10,12,14H,11H2,1-2H3,(H,25,27). The highest BCUT2D eigenvalue weighted by Crippen LogP contribution is 2.30. The number of nitrogens with one attached hydrogen (secondary N) is 1. The lowest BCUT2D eigenvalue weighted by atomic mass is 10.0. The van der Waals surface area contributed by atoms with Crippen molar-refractivity contribution in [2.45, 2.75) is 32.5 Å². The van der Waals surface area contributed by atoms with E-state index in [1.54, 1.807) is 13.0 Å². The molecular weight excluding hydrogens is 385 g/mol. The Morgan fingerprint density at radius 2 is 1.93 bits per heavy atom. The van der Waals surface area contributed by atoms with Gasteiger partial charge in [-0.3, -0.25) is 4.79 Å². The minimum atomic E-state index is -4.41. The minimum Gasteiger partial charge on any atom is -0.349 e. The molecule has 0 aliphatic carbocycles. The molecule has 1 amide bonds. The van der Waals surface area contributed by atoms with Crippen LogP contribution in [0.5, 0.6) is 0 Å². The number of nitrogens with zero attached hydrogens (tertiary/aromatic N) is 1. The Bertz CT molecular complexity index is 982. The van der Waals surface area contributed by atoms with Gasteiger partial charge in [0, 0.05) is 10.9 Å². The summed E-state index contributed by atoms with van der Waals surface area (Å²) in [7, 11) is 0. The number of hydrogen-bond acceptors (Lipinski definition) is 3. The molecule has 0 aliphatic rings. The highest BCUT2D eigenvalue weighted by molar-refractivity contribution is 7.13. The fourth-order valence-corrected chi connectivity index (χ4v) is 3.64. The maximum absolute atomic E-state index is 12.9. The number of carbonyl (C=O) groups excluding carboxylic acids is 1. The van der Waals surface area contributed by atoms with Crippen LogP contribution in [0.3, 0.4) is 0 Å². The number of aromatic nitrogens is 1. The minimum absolute atomic E-state index is 0.0750. The third-order valence-electron chi connectivity index (χ3n) is 4.25. The van der Waals surface area contributed by atoms with Crippen LogP contribution < -0.4 is 5.32 Å². The third-order valence-corrected chi connectivity index (χ3v) is 5.19. The second-order valence-corrected chi connectivity index (χ2v) is 7.46. The van der Waals surface area contributed by atoms with Gasteiger partial charge in [-0.25, -0.2) is 4.98 Å². The van der Waals surface area contributed by atoms with E-state index in [1.165, 1.54) is 17.4 Å². The summed E-state index contributed by atoms with van der Waals surface area (Å²) >= 11 is 1.46. The average molecular weight is 404 g/mol. The zero-order chi connectivity index (χ0) is 20.3. The fraction of sp³-hybridized carbons (Fsp3) is 0.238. The molecule has 1 N–H and O–H groups in total. The van der Waals surface area contributed by atoms with Crippen LogP contribution in [0.15, 0.2) is 53.9 Å². The molecule has 0 saturated carbocycles. The molecule has 28 heavy (non-hydrogen) atoms. The van der Waals surface area contributed by atoms with E-state index in [-0.39, 0.29) is 12.3 Å². The van der Waals surface area contributed by atoms with Gasteiger partial charge >= 0.3 is 6.18 Å². The first kappa shape index (κ1) is 20.1. The zero-order valence-electron chi connectivity index (χ0n) is 15.4. The number of halogens is 3. The van der Waals surface area contributed by atoms with Crippen molar-refractivity contribution in [1.82, 2.24) is 10.3 Å². The molecule has 7 heteroatoms. The summed E-state index contributed by atoms with van der Waals surface area (Å²) in [5, 5.41) is 5.40. The molecule has 0 fully saturated rings. The highest BCUT2D eigenvalue weighted by Gasteiger charge is 2.30. The van der Waals surface area contributed by atoms with Crippen LogP contribution >= 0.6 is 11.3 Å². The van der Waals surface area contributed by atoms with Gasteiger partial charge in [0.1, 0.15) is 5.01 Å². The van der Waals surface area contributed by atoms with Crippen LogP contribution in [0.4, 0.5) is 13.2 Å². The van der Waals surface area contributed by atoms with Gasteiger partial charge in [-0.1, -0.05) is 35.9 Å². The van der Waals surface area contributed by atoms with Crippen molar-refractivity contribution in [2.24, 2.45) is 0 Å². The monoisotopic (exact) mass is 404 g/mol. The van der Waals surface area contributed by atoms with Gasteiger partial charge in [-0.05, 0) is 37.6 Å². The van der Waals surface area contributed by atoms with Gasteiger partial charge in [0.15, 0.2) is 0 Å². The average Bonchev–Trinajstić information content (AvgIpc) is 3.09. The number of hydrogen-bond donors (Lipinski definition) is 1. The molecule has 3 aromatic rings. The summed E-state index contributed by atoms with van der Waals surface area (Å²) in [6.07, 6.45) is -4.34. The summed E-state index contributed by atoms with van der Waals surface area (Å²) in [6.45, 7) is 3.66. The van der Waals surface area contributed by atoms with Gasteiger partial charge in [-0.15, -0.1) is 11.3 Å². The Kier molecular flexibility index (Phi) is 5.84. The van der Waals surface area contributed by atoms with Crippen LogP contribution in [0.2, 0.25) is 0 Å². The van der Waals surface area contributed by atoms with E-state index in [1.807, 2.05) is 36.6 Å². The van der Waals surface area contributed by atoms with E-state index < -0.39 is 17.8 Å². The number of aryl methyl sites for hydroxylation is 1. The summed E-state index contributed by atoms with van der Waals surface area (Å²) in [5.41, 5.74) is 2.43. The molecule has 1 unspecified atom stereocenters. The van der Waals surface area contributed by atoms with Crippen molar-refractivity contribution in [3.63, 3.8) is 0 Å². The Morgan fingerprint density at radius 1 is 1.18 bits per heavy atom. The summed E-state index contributed by atoms with van der Waals surface area (Å²) in [4.78, 5) is 16.8. The molecule has 1 atom stereocenters. The van der Waals surface area contributed by atoms with Gasteiger partial charge in [0.05, 0.1) is 23.7 Å². The molecule has 2 aromatic carbocycles. The quantitative estimate of drug-likeness (QED) is 0.605. The van der Waals surface area contributed by atoms with E-state index in [0.717, 1.165) is 28.3 Å². The molecule has 0 aliphatic heterocycles. The molecule has 146 valence electrons. The first-order chi connectivity index (χ1) is 13.2. The predicted molar refractivity (Wildman–Crippen MR) is 104 cm³/mol. The van der Waals surface area contributed by atoms with Gasteiger partial charge < -0.3 is 5.32 Å². The first-order valence-electron chi connectivity index (χ1n) is 8.70. The van der Waals surface area contributed by atoms with Crippen molar-refractivity contribution in [3.8, 4) is 10.6 Å². The SMILES string of the molecule is Cc1cccc(-c2nc(CC(=O)NC(C)c3cccc(C(F)(F)F)c3)cs2)c1. The molecule has 3 rings (SSSR count). The van der Waals surface area contributed by atoms with Crippen molar-refractivity contribution in [1.29, 1.82) is 0 Å². The summed E-state index contributed by atoms with van der Waals surface area (Å²) < 4.78 is 38.6. The molecule has 1 aromatic heterocycles. The lowest BCUT2D eigenvalue weighted by Crippen LogP contribution is -2.28. The van der Waals surface area contributed by atoms with Crippen LogP contribution in [-0.4, -0.2) is 10.9 Å². The smallest absolute Gasteiger partial charge is 0.349 e. The second kappa shape index (κ2) is 8.14. The normalized spacial score (nSPS) is 12.6. The Hall–Kier alpha value is -2.67. The molecular formula is C21H19F3N2OS. The van der Waals surface area contributed by atoms with Crippen molar-refractivity contribution in [3.05, 3.63) is 76.3 Å². The molecule has 0 bridgehead atoms. The van der Waals surface area contributed by atoms with Gasteiger partial charge in [0.25, 0.3) is 0 Å². The van der Waals surface area contributed by atoms with Gasteiger partial charge in [-0.2, -0.15) is 13.2 Å². The lowest BCUT2D eigenvalue weighted by Gasteiger charge is -2.16. The molecule has 0 spiro atoms. The van der Waals surface area contributed by atoms with E-state index in [4.69, 9.17) is 0 Å². The van der Waals surface area contributed by atoms with E-state index in [0.29, 0.717) is 11.3 Å². The highest BCUT2D eigenvalue weighted by atomic mass is 32.1. The fourth-order valence-electron chi connectivity index (χ4n) is 2.82. The summed E-state index contributed by atoms with van der Waals surface area (Å²) in [5.74, 6) is -0.286. The molecule has 3 nitrogen and oxygen atoms in total. The van der Waals surface area contributed by atoms with Gasteiger partial charge in [0.2, 0.25) is 5.91 Å². The number of carbonyl (C=O) groups is 1. The van der Waals surface area contributed by atoms with Crippen LogP contribution in [-0.2, 0) is 17.4 Å². The number of thiazole rings is 1. The Labute approximate surface area is 165 Å².